The van der Waals surface area contributed by atoms with Crippen molar-refractivity contribution in [2.75, 3.05) is 31.1 Å². The van der Waals surface area contributed by atoms with Crippen molar-refractivity contribution in [1.82, 2.24) is 24.2 Å². The number of rotatable bonds is 6. The Morgan fingerprint density at radius 3 is 2.73 bits per heavy atom. The Kier molecular flexibility index (Phi) is 6.38. The first-order chi connectivity index (χ1) is 19.5. The van der Waals surface area contributed by atoms with E-state index in [-0.39, 0.29) is 23.8 Å². The lowest BCUT2D eigenvalue weighted by atomic mass is 10.1. The zero-order valence-electron chi connectivity index (χ0n) is 21.9. The van der Waals surface area contributed by atoms with E-state index in [0.717, 1.165) is 36.4 Å². The van der Waals surface area contributed by atoms with Gasteiger partial charge in [0.05, 0.1) is 23.3 Å². The van der Waals surface area contributed by atoms with Crippen molar-refractivity contribution in [1.29, 1.82) is 0 Å². The van der Waals surface area contributed by atoms with Crippen LogP contribution in [0.1, 0.15) is 41.6 Å². The molecular formula is C29H30N6O4S. The van der Waals surface area contributed by atoms with Gasteiger partial charge in [0.15, 0.2) is 5.82 Å². The van der Waals surface area contributed by atoms with Crippen molar-refractivity contribution in [2.45, 2.75) is 43.0 Å². The van der Waals surface area contributed by atoms with Gasteiger partial charge in [0.2, 0.25) is 15.9 Å². The fourth-order valence-electron chi connectivity index (χ4n) is 5.99. The van der Waals surface area contributed by atoms with E-state index in [9.17, 15) is 13.5 Å². The van der Waals surface area contributed by atoms with Gasteiger partial charge in [0.1, 0.15) is 12.4 Å². The molecule has 2 fully saturated rings. The first-order valence-electron chi connectivity index (χ1n) is 13.6. The zero-order chi connectivity index (χ0) is 27.3. The third kappa shape index (κ3) is 4.58. The Hall–Kier alpha value is -3.64. The summed E-state index contributed by atoms with van der Waals surface area (Å²) in [6.07, 6.45) is 6.14. The van der Waals surface area contributed by atoms with Crippen molar-refractivity contribution < 1.29 is 17.9 Å². The lowest BCUT2D eigenvalue weighted by Gasteiger charge is -2.39. The van der Waals surface area contributed by atoms with Crippen molar-refractivity contribution in [2.24, 2.45) is 0 Å². The second-order valence-corrected chi connectivity index (χ2v) is 12.5. The van der Waals surface area contributed by atoms with E-state index in [2.05, 4.69) is 30.8 Å². The smallest absolute Gasteiger partial charge is 0.243 e. The van der Waals surface area contributed by atoms with Crippen LogP contribution in [-0.2, 0) is 23.1 Å². The topological polar surface area (TPSA) is 116 Å². The van der Waals surface area contributed by atoms with Gasteiger partial charge in [-0.15, -0.1) is 0 Å². The van der Waals surface area contributed by atoms with Crippen molar-refractivity contribution >= 4 is 15.7 Å². The molecule has 2 atom stereocenters. The molecule has 2 aromatic carbocycles. The maximum atomic E-state index is 13.4. The molecule has 11 heteroatoms. The quantitative estimate of drug-likeness (QED) is 0.381. The van der Waals surface area contributed by atoms with E-state index in [1.54, 1.807) is 36.7 Å². The summed E-state index contributed by atoms with van der Waals surface area (Å²) in [5.41, 5.74) is 3.86. The number of aromatic nitrogens is 3. The van der Waals surface area contributed by atoms with Crippen LogP contribution < -0.4 is 4.90 Å². The summed E-state index contributed by atoms with van der Waals surface area (Å²) in [6, 6.07) is 15.0. The average Bonchev–Trinajstić information content (AvgIpc) is 3.77. The predicted octanol–water partition coefficient (Wildman–Crippen LogP) is 3.20. The lowest BCUT2D eigenvalue weighted by Crippen LogP contribution is -2.50. The largest absolute Gasteiger partial charge is 0.445 e. The molecule has 10 nitrogen and oxygen atoms in total. The summed E-state index contributed by atoms with van der Waals surface area (Å²) in [5, 5.41) is 11.2. The summed E-state index contributed by atoms with van der Waals surface area (Å²) >= 11 is 0. The molecule has 0 radical (unpaired) electrons. The van der Waals surface area contributed by atoms with E-state index in [0.29, 0.717) is 23.2 Å². The van der Waals surface area contributed by atoms with Crippen LogP contribution in [0.4, 0.5) is 5.69 Å². The number of fused-ring (bicyclic) bond motifs is 2. The number of hydrogen-bond donors (Lipinski definition) is 1. The molecule has 5 heterocycles. The molecule has 4 aromatic rings. The standard InChI is InChI=1S/C29H30N6O4S/c36-27(21-3-1-4-23(15-21)34-13-12-33-11-2-5-24(33)18-34)28-31-16-22-17-35(19-26(22)32-28)40(37,38)25-8-6-20(7-9-25)29-30-10-14-39-29/h1,3-4,6-10,14-16,24,27,36H,2,5,11-13,17-19H2. The van der Waals surface area contributed by atoms with Gasteiger partial charge in [0.25, 0.3) is 0 Å². The van der Waals surface area contributed by atoms with Gasteiger partial charge in [-0.05, 0) is 61.3 Å². The number of hydrogen-bond acceptors (Lipinski definition) is 9. The van der Waals surface area contributed by atoms with E-state index in [1.165, 1.54) is 30.0 Å². The SMILES string of the molecule is O=S(=O)(c1ccc(-c2ncco2)cc1)N1Cc2cnc(C(O)c3cccc(N4CCN5CCCC5C4)c3)nc2C1. The maximum absolute atomic E-state index is 13.4. The maximum Gasteiger partial charge on any atom is 0.243 e. The summed E-state index contributed by atoms with van der Waals surface area (Å²) in [7, 11) is -3.76. The molecule has 206 valence electrons. The minimum absolute atomic E-state index is 0.118. The molecule has 2 saturated heterocycles. The number of aliphatic hydroxyl groups excluding tert-OH is 1. The van der Waals surface area contributed by atoms with E-state index >= 15 is 0 Å². The number of aliphatic hydroxyl groups is 1. The van der Waals surface area contributed by atoms with E-state index in [1.807, 2.05) is 18.2 Å². The highest BCUT2D eigenvalue weighted by Crippen LogP contribution is 2.31. The molecule has 0 spiro atoms. The molecule has 0 saturated carbocycles. The van der Waals surface area contributed by atoms with E-state index < -0.39 is 16.1 Å². The number of oxazole rings is 1. The molecular weight excluding hydrogens is 528 g/mol. The molecule has 3 aliphatic heterocycles. The highest BCUT2D eigenvalue weighted by atomic mass is 32.2. The minimum atomic E-state index is -3.76. The number of nitrogens with zero attached hydrogens (tertiary/aromatic N) is 6. The monoisotopic (exact) mass is 558 g/mol. The Bertz CT molecular complexity index is 1630. The van der Waals surface area contributed by atoms with Gasteiger partial charge in [-0.3, -0.25) is 4.90 Å². The van der Waals surface area contributed by atoms with Crippen LogP contribution in [0.25, 0.3) is 11.5 Å². The zero-order valence-corrected chi connectivity index (χ0v) is 22.7. The number of piperazine rings is 1. The average molecular weight is 559 g/mol. The van der Waals surface area contributed by atoms with Crippen LogP contribution >= 0.6 is 0 Å². The fraction of sp³-hybridized carbons (Fsp3) is 0.345. The van der Waals surface area contributed by atoms with Crippen molar-refractivity contribution in [3.8, 4) is 11.5 Å². The first-order valence-corrected chi connectivity index (χ1v) is 15.0. The Morgan fingerprint density at radius 1 is 1.02 bits per heavy atom. The number of benzene rings is 2. The molecule has 0 aliphatic carbocycles. The lowest BCUT2D eigenvalue weighted by molar-refractivity contribution is 0.209. The van der Waals surface area contributed by atoms with Gasteiger partial charge in [-0.1, -0.05) is 12.1 Å². The summed E-state index contributed by atoms with van der Waals surface area (Å²) < 4.78 is 33.4. The normalized spacial score (nSPS) is 20.4. The Balaban J connectivity index is 1.07. The van der Waals surface area contributed by atoms with Gasteiger partial charge >= 0.3 is 0 Å². The molecule has 2 unspecified atom stereocenters. The number of anilines is 1. The second kappa shape index (κ2) is 10.1. The predicted molar refractivity (Wildman–Crippen MR) is 148 cm³/mol. The highest BCUT2D eigenvalue weighted by Gasteiger charge is 2.33. The van der Waals surface area contributed by atoms with E-state index in [4.69, 9.17) is 4.42 Å². The van der Waals surface area contributed by atoms with Gasteiger partial charge in [-0.2, -0.15) is 4.31 Å². The third-order valence-corrected chi connectivity index (χ3v) is 10.0. The van der Waals surface area contributed by atoms with Crippen LogP contribution in [0.15, 0.2) is 76.5 Å². The van der Waals surface area contributed by atoms with Crippen molar-refractivity contribution in [3.63, 3.8) is 0 Å². The molecule has 1 N–H and O–H groups in total. The Morgan fingerprint density at radius 2 is 1.90 bits per heavy atom. The van der Waals surface area contributed by atoms with Gasteiger partial charge < -0.3 is 14.4 Å². The first kappa shape index (κ1) is 25.3. The fourth-order valence-corrected chi connectivity index (χ4v) is 7.37. The summed E-state index contributed by atoms with van der Waals surface area (Å²) in [4.78, 5) is 18.3. The van der Waals surface area contributed by atoms with Gasteiger partial charge in [-0.25, -0.2) is 23.4 Å². The van der Waals surface area contributed by atoms with Crippen LogP contribution in [0, 0.1) is 0 Å². The second-order valence-electron chi connectivity index (χ2n) is 10.6. The van der Waals surface area contributed by atoms with Crippen LogP contribution in [0.2, 0.25) is 0 Å². The third-order valence-electron chi connectivity index (χ3n) is 8.20. The summed E-state index contributed by atoms with van der Waals surface area (Å²) in [5.74, 6) is 0.701. The van der Waals surface area contributed by atoms with Crippen LogP contribution in [0.5, 0.6) is 0 Å². The van der Waals surface area contributed by atoms with Crippen LogP contribution in [-0.4, -0.2) is 69.9 Å². The molecule has 0 amide bonds. The van der Waals surface area contributed by atoms with Gasteiger partial charge in [0, 0.05) is 55.2 Å². The van der Waals surface area contributed by atoms with Crippen LogP contribution in [0.3, 0.4) is 0 Å². The molecule has 2 aromatic heterocycles. The Labute approximate surface area is 233 Å². The summed E-state index contributed by atoms with van der Waals surface area (Å²) in [6.45, 7) is 4.53. The molecule has 40 heavy (non-hydrogen) atoms. The molecule has 0 bridgehead atoms. The van der Waals surface area contributed by atoms with Crippen molar-refractivity contribution in [3.05, 3.63) is 89.8 Å². The molecule has 7 rings (SSSR count). The minimum Gasteiger partial charge on any atom is -0.445 e. The molecule has 3 aliphatic rings. The highest BCUT2D eigenvalue weighted by molar-refractivity contribution is 7.89. The number of sulfonamides is 1.